The summed E-state index contributed by atoms with van der Waals surface area (Å²) in [5.41, 5.74) is 2.31. The lowest BCUT2D eigenvalue weighted by Gasteiger charge is -2.20. The second kappa shape index (κ2) is 10.9. The summed E-state index contributed by atoms with van der Waals surface area (Å²) in [6.07, 6.45) is -1.09. The summed E-state index contributed by atoms with van der Waals surface area (Å²) in [4.78, 5) is 39.6. The summed E-state index contributed by atoms with van der Waals surface area (Å²) in [5, 5.41) is 9.97. The Morgan fingerprint density at radius 1 is 0.912 bits per heavy atom. The second-order valence-electron chi connectivity index (χ2n) is 7.20. The predicted molar refractivity (Wildman–Crippen MR) is 136 cm³/mol. The number of thiophene rings is 2. The van der Waals surface area contributed by atoms with Gasteiger partial charge in [0, 0.05) is 16.5 Å². The normalized spacial score (nSPS) is 11.4. The molecule has 0 saturated heterocycles. The van der Waals surface area contributed by atoms with E-state index >= 15 is 0 Å². The van der Waals surface area contributed by atoms with Gasteiger partial charge in [-0.1, -0.05) is 66.7 Å². The van der Waals surface area contributed by atoms with E-state index in [9.17, 15) is 14.4 Å². The fraction of sp³-hybridized carbons (Fsp3) is 0.115. The van der Waals surface area contributed by atoms with Crippen molar-refractivity contribution in [2.75, 3.05) is 11.9 Å². The fourth-order valence-corrected chi connectivity index (χ4v) is 4.99. The van der Waals surface area contributed by atoms with E-state index in [1.807, 2.05) is 41.8 Å². The highest BCUT2D eigenvalue weighted by atomic mass is 32.1. The largest absolute Gasteiger partial charge is 0.462 e. The highest BCUT2D eigenvalue weighted by Crippen LogP contribution is 2.36. The van der Waals surface area contributed by atoms with Crippen LogP contribution in [0.5, 0.6) is 0 Å². The van der Waals surface area contributed by atoms with Crippen molar-refractivity contribution in [2.24, 2.45) is 0 Å². The van der Waals surface area contributed by atoms with Crippen LogP contribution in [0.1, 0.15) is 37.3 Å². The SMILES string of the molecule is CCOC(=O)c1c(-c2ccccc2)csc1NC(NC(=O)c1cccs1)C(=O)c1ccccc1. The fourth-order valence-electron chi connectivity index (χ4n) is 3.38. The number of amides is 1. The van der Waals surface area contributed by atoms with Gasteiger partial charge in [0.1, 0.15) is 10.6 Å². The van der Waals surface area contributed by atoms with Crippen molar-refractivity contribution in [3.05, 3.63) is 99.6 Å². The average molecular weight is 491 g/mol. The van der Waals surface area contributed by atoms with Gasteiger partial charge in [-0.3, -0.25) is 9.59 Å². The Labute approximate surface area is 205 Å². The Bertz CT molecular complexity index is 1270. The van der Waals surface area contributed by atoms with Crippen molar-refractivity contribution in [1.29, 1.82) is 0 Å². The molecule has 0 spiro atoms. The minimum atomic E-state index is -1.09. The van der Waals surface area contributed by atoms with E-state index in [2.05, 4.69) is 10.6 Å². The number of hydrogen-bond acceptors (Lipinski definition) is 7. The number of esters is 1. The van der Waals surface area contributed by atoms with E-state index in [0.29, 0.717) is 26.6 Å². The van der Waals surface area contributed by atoms with Crippen LogP contribution in [0.2, 0.25) is 0 Å². The van der Waals surface area contributed by atoms with Gasteiger partial charge in [-0.05, 0) is 23.9 Å². The van der Waals surface area contributed by atoms with Gasteiger partial charge < -0.3 is 15.4 Å². The maximum atomic E-state index is 13.4. The van der Waals surface area contributed by atoms with Gasteiger partial charge in [-0.2, -0.15) is 0 Å². The second-order valence-corrected chi connectivity index (χ2v) is 9.03. The molecule has 4 aromatic rings. The molecule has 0 aliphatic rings. The van der Waals surface area contributed by atoms with Crippen LogP contribution in [-0.2, 0) is 4.74 Å². The standard InChI is InChI=1S/C26H22N2O4S2/c1-2-32-26(31)21-19(17-10-5-3-6-11-17)16-34-25(21)28-23(22(29)18-12-7-4-8-13-18)27-24(30)20-14-9-15-33-20/h3-16,23,28H,2H2,1H3,(H,27,30). The maximum Gasteiger partial charge on any atom is 0.341 e. The highest BCUT2D eigenvalue weighted by molar-refractivity contribution is 7.15. The molecule has 0 bridgehead atoms. The molecular formula is C26H22N2O4S2. The Morgan fingerprint density at radius 3 is 2.26 bits per heavy atom. The monoisotopic (exact) mass is 490 g/mol. The number of ether oxygens (including phenoxy) is 1. The number of Topliss-reactive ketones (excluding diaryl/α,β-unsaturated/α-hetero) is 1. The zero-order valence-corrected chi connectivity index (χ0v) is 19.9. The molecule has 0 fully saturated rings. The molecule has 0 aliphatic carbocycles. The third-order valence-electron chi connectivity index (χ3n) is 4.97. The van der Waals surface area contributed by atoms with Crippen LogP contribution in [0.25, 0.3) is 11.1 Å². The average Bonchev–Trinajstić information content (AvgIpc) is 3.55. The van der Waals surface area contributed by atoms with Crippen LogP contribution < -0.4 is 10.6 Å². The van der Waals surface area contributed by atoms with Gasteiger partial charge in [0.25, 0.3) is 5.91 Å². The van der Waals surface area contributed by atoms with E-state index in [1.165, 1.54) is 22.7 Å². The third kappa shape index (κ3) is 5.24. The molecular weight excluding hydrogens is 468 g/mol. The van der Waals surface area contributed by atoms with E-state index in [-0.39, 0.29) is 18.3 Å². The molecule has 0 saturated carbocycles. The van der Waals surface area contributed by atoms with E-state index in [4.69, 9.17) is 4.74 Å². The number of benzene rings is 2. The Hall–Kier alpha value is -3.75. The number of nitrogens with one attached hydrogen (secondary N) is 2. The molecule has 1 atom stereocenters. The van der Waals surface area contributed by atoms with Gasteiger partial charge in [0.05, 0.1) is 11.5 Å². The van der Waals surface area contributed by atoms with Crippen molar-refractivity contribution >= 4 is 45.3 Å². The summed E-state index contributed by atoms with van der Waals surface area (Å²) in [6.45, 7) is 1.95. The predicted octanol–water partition coefficient (Wildman–Crippen LogP) is 5.70. The maximum absolute atomic E-state index is 13.4. The number of carbonyl (C=O) groups excluding carboxylic acids is 3. The number of hydrogen-bond donors (Lipinski definition) is 2. The van der Waals surface area contributed by atoms with Crippen LogP contribution in [-0.4, -0.2) is 30.4 Å². The Balaban J connectivity index is 1.71. The smallest absolute Gasteiger partial charge is 0.341 e. The van der Waals surface area contributed by atoms with E-state index < -0.39 is 12.1 Å². The number of ketones is 1. The van der Waals surface area contributed by atoms with Crippen LogP contribution in [0.4, 0.5) is 5.00 Å². The van der Waals surface area contributed by atoms with Crippen molar-refractivity contribution < 1.29 is 19.1 Å². The summed E-state index contributed by atoms with van der Waals surface area (Å²) in [6, 6.07) is 21.6. The third-order valence-corrected chi connectivity index (χ3v) is 6.75. The lowest BCUT2D eigenvalue weighted by atomic mass is 10.0. The first-order valence-corrected chi connectivity index (χ1v) is 12.4. The van der Waals surface area contributed by atoms with Crippen molar-refractivity contribution in [1.82, 2.24) is 5.32 Å². The van der Waals surface area contributed by atoms with Crippen LogP contribution in [0.15, 0.2) is 83.6 Å². The summed E-state index contributed by atoms with van der Waals surface area (Å²) in [5.74, 6) is -1.20. The molecule has 2 heterocycles. The number of rotatable bonds is 9. The quantitative estimate of drug-likeness (QED) is 0.179. The van der Waals surface area contributed by atoms with E-state index in [0.717, 1.165) is 5.56 Å². The summed E-state index contributed by atoms with van der Waals surface area (Å²) < 4.78 is 5.31. The van der Waals surface area contributed by atoms with Gasteiger partial charge in [-0.15, -0.1) is 22.7 Å². The van der Waals surface area contributed by atoms with E-state index in [1.54, 1.807) is 48.7 Å². The van der Waals surface area contributed by atoms with Gasteiger partial charge >= 0.3 is 5.97 Å². The molecule has 2 aromatic heterocycles. The van der Waals surface area contributed by atoms with Crippen molar-refractivity contribution in [3.63, 3.8) is 0 Å². The lowest BCUT2D eigenvalue weighted by Crippen LogP contribution is -2.46. The topological polar surface area (TPSA) is 84.5 Å². The zero-order valence-electron chi connectivity index (χ0n) is 18.3. The van der Waals surface area contributed by atoms with Crippen molar-refractivity contribution in [3.8, 4) is 11.1 Å². The molecule has 2 N–H and O–H groups in total. The van der Waals surface area contributed by atoms with Gasteiger partial charge in [-0.25, -0.2) is 4.79 Å². The van der Waals surface area contributed by atoms with Crippen LogP contribution in [0.3, 0.4) is 0 Å². The molecule has 1 amide bonds. The summed E-state index contributed by atoms with van der Waals surface area (Å²) in [7, 11) is 0. The first-order chi connectivity index (χ1) is 16.6. The minimum Gasteiger partial charge on any atom is -0.462 e. The number of anilines is 1. The molecule has 6 nitrogen and oxygen atoms in total. The zero-order chi connectivity index (χ0) is 23.9. The molecule has 172 valence electrons. The van der Waals surface area contributed by atoms with Gasteiger partial charge in [0.15, 0.2) is 6.17 Å². The first-order valence-electron chi connectivity index (χ1n) is 10.6. The lowest BCUT2D eigenvalue weighted by molar-refractivity contribution is 0.0528. The minimum absolute atomic E-state index is 0.212. The molecule has 34 heavy (non-hydrogen) atoms. The molecule has 8 heteroatoms. The van der Waals surface area contributed by atoms with Gasteiger partial charge in [0.2, 0.25) is 5.78 Å². The Kier molecular flexibility index (Phi) is 7.51. The molecule has 4 rings (SSSR count). The van der Waals surface area contributed by atoms with Crippen molar-refractivity contribution in [2.45, 2.75) is 13.1 Å². The van der Waals surface area contributed by atoms with Crippen LogP contribution in [0, 0.1) is 0 Å². The summed E-state index contributed by atoms with van der Waals surface area (Å²) >= 11 is 2.56. The highest BCUT2D eigenvalue weighted by Gasteiger charge is 2.28. The Morgan fingerprint density at radius 2 is 1.62 bits per heavy atom. The molecule has 0 radical (unpaired) electrons. The molecule has 1 unspecified atom stereocenters. The number of carbonyl (C=O) groups is 3. The van der Waals surface area contributed by atoms with Crippen LogP contribution >= 0.6 is 22.7 Å². The first kappa shape index (κ1) is 23.4. The molecule has 2 aromatic carbocycles. The molecule has 0 aliphatic heterocycles.